The van der Waals surface area contributed by atoms with E-state index >= 15 is 0 Å². The summed E-state index contributed by atoms with van der Waals surface area (Å²) in [5, 5.41) is 15.1. The quantitative estimate of drug-likeness (QED) is 0.947. The lowest BCUT2D eigenvalue weighted by atomic mass is 10.1. The van der Waals surface area contributed by atoms with E-state index in [1.807, 2.05) is 23.4 Å². The van der Waals surface area contributed by atoms with Crippen LogP contribution in [0.3, 0.4) is 0 Å². The van der Waals surface area contributed by atoms with Crippen LogP contribution in [0.5, 0.6) is 0 Å². The van der Waals surface area contributed by atoms with E-state index in [1.165, 1.54) is 5.56 Å². The number of amides is 2. The Labute approximate surface area is 127 Å². The van der Waals surface area contributed by atoms with Crippen LogP contribution in [0.25, 0.3) is 0 Å². The molecule has 6 nitrogen and oxygen atoms in total. The lowest BCUT2D eigenvalue weighted by Gasteiger charge is -2.26. The van der Waals surface area contributed by atoms with Crippen molar-refractivity contribution in [1.82, 2.24) is 25.0 Å². The molecule has 1 N–H and O–H groups in total. The molecule has 0 aliphatic carbocycles. The first-order valence-corrected chi connectivity index (χ1v) is 8.04. The Morgan fingerprint density at radius 2 is 2.43 bits per heavy atom. The average molecular weight is 305 g/mol. The van der Waals surface area contributed by atoms with Crippen LogP contribution in [0.1, 0.15) is 43.2 Å². The molecule has 2 atom stereocenters. The van der Waals surface area contributed by atoms with Crippen molar-refractivity contribution < 1.29 is 4.79 Å². The van der Waals surface area contributed by atoms with Gasteiger partial charge < -0.3 is 14.8 Å². The number of thiophene rings is 1. The summed E-state index contributed by atoms with van der Waals surface area (Å²) in [4.78, 5) is 14.5. The largest absolute Gasteiger partial charge is 0.328 e. The zero-order valence-electron chi connectivity index (χ0n) is 12.2. The molecule has 3 rings (SSSR count). The van der Waals surface area contributed by atoms with Crippen molar-refractivity contribution in [2.45, 2.75) is 31.8 Å². The lowest BCUT2D eigenvalue weighted by Crippen LogP contribution is -2.41. The summed E-state index contributed by atoms with van der Waals surface area (Å²) in [6, 6.07) is 2.11. The maximum absolute atomic E-state index is 12.5. The summed E-state index contributed by atoms with van der Waals surface area (Å²) in [5.74, 6) is 0.759. The lowest BCUT2D eigenvalue weighted by molar-refractivity contribution is 0.189. The van der Waals surface area contributed by atoms with Gasteiger partial charge in [0.05, 0.1) is 12.1 Å². The van der Waals surface area contributed by atoms with Crippen molar-refractivity contribution in [3.05, 3.63) is 34.5 Å². The first kappa shape index (κ1) is 14.1. The molecule has 7 heteroatoms. The van der Waals surface area contributed by atoms with E-state index in [2.05, 4.69) is 32.3 Å². The molecule has 21 heavy (non-hydrogen) atoms. The Morgan fingerprint density at radius 1 is 1.57 bits per heavy atom. The van der Waals surface area contributed by atoms with Crippen LogP contribution in [0, 0.1) is 0 Å². The molecule has 3 heterocycles. The molecule has 0 unspecified atom stereocenters. The van der Waals surface area contributed by atoms with Gasteiger partial charge in [-0.25, -0.2) is 4.79 Å². The number of hydrogen-bond donors (Lipinski definition) is 1. The third-order valence-corrected chi connectivity index (χ3v) is 4.62. The van der Waals surface area contributed by atoms with E-state index in [9.17, 15) is 4.79 Å². The number of rotatable bonds is 3. The van der Waals surface area contributed by atoms with Crippen molar-refractivity contribution >= 4 is 17.4 Å². The Morgan fingerprint density at radius 3 is 3.10 bits per heavy atom. The first-order chi connectivity index (χ1) is 10.2. The van der Waals surface area contributed by atoms with Crippen LogP contribution in [0.4, 0.5) is 4.79 Å². The van der Waals surface area contributed by atoms with Gasteiger partial charge in [-0.3, -0.25) is 0 Å². The molecule has 1 fully saturated rings. The van der Waals surface area contributed by atoms with Gasteiger partial charge in [-0.15, -0.1) is 10.2 Å². The first-order valence-electron chi connectivity index (χ1n) is 7.10. The molecule has 112 valence electrons. The zero-order chi connectivity index (χ0) is 14.8. The minimum absolute atomic E-state index is 0.0285. The van der Waals surface area contributed by atoms with Crippen molar-refractivity contribution in [2.24, 2.45) is 7.05 Å². The molecule has 0 spiro atoms. The fraction of sp³-hybridized carbons (Fsp3) is 0.500. The highest BCUT2D eigenvalue weighted by Crippen LogP contribution is 2.33. The van der Waals surface area contributed by atoms with Gasteiger partial charge in [-0.1, -0.05) is 0 Å². The zero-order valence-corrected chi connectivity index (χ0v) is 13.0. The van der Waals surface area contributed by atoms with Gasteiger partial charge in [-0.2, -0.15) is 11.3 Å². The smallest absolute Gasteiger partial charge is 0.318 e. The average Bonchev–Trinajstić information content (AvgIpc) is 3.19. The van der Waals surface area contributed by atoms with Crippen LogP contribution < -0.4 is 5.32 Å². The van der Waals surface area contributed by atoms with E-state index in [1.54, 1.807) is 17.7 Å². The number of nitrogens with zero attached hydrogens (tertiary/aromatic N) is 4. The topological polar surface area (TPSA) is 63.1 Å². The van der Waals surface area contributed by atoms with E-state index in [-0.39, 0.29) is 18.1 Å². The predicted molar refractivity (Wildman–Crippen MR) is 80.9 cm³/mol. The maximum atomic E-state index is 12.5. The van der Waals surface area contributed by atoms with Crippen LogP contribution in [0.15, 0.2) is 23.2 Å². The van der Waals surface area contributed by atoms with Crippen molar-refractivity contribution in [3.63, 3.8) is 0 Å². The maximum Gasteiger partial charge on any atom is 0.318 e. The number of hydrogen-bond acceptors (Lipinski definition) is 4. The van der Waals surface area contributed by atoms with Crippen LogP contribution >= 0.6 is 11.3 Å². The summed E-state index contributed by atoms with van der Waals surface area (Å²) in [6.45, 7) is 2.73. The monoisotopic (exact) mass is 305 g/mol. The molecule has 1 aliphatic heterocycles. The normalized spacial score (nSPS) is 19.7. The molecule has 1 saturated heterocycles. The molecule has 2 aromatic heterocycles. The van der Waals surface area contributed by atoms with E-state index in [0.717, 1.165) is 25.2 Å². The Bertz CT molecular complexity index is 609. The summed E-state index contributed by atoms with van der Waals surface area (Å²) in [5.41, 5.74) is 1.24. The second-order valence-electron chi connectivity index (χ2n) is 5.38. The minimum atomic E-state index is -0.159. The molecular formula is C14H19N5OS. The van der Waals surface area contributed by atoms with Gasteiger partial charge >= 0.3 is 6.03 Å². The number of nitrogens with one attached hydrogen (secondary N) is 1. The van der Waals surface area contributed by atoms with Crippen LogP contribution in [0.2, 0.25) is 0 Å². The summed E-state index contributed by atoms with van der Waals surface area (Å²) in [7, 11) is 1.88. The molecular weight excluding hydrogens is 286 g/mol. The highest BCUT2D eigenvalue weighted by molar-refractivity contribution is 7.07. The van der Waals surface area contributed by atoms with Gasteiger partial charge in [0.1, 0.15) is 6.33 Å². The van der Waals surface area contributed by atoms with Gasteiger partial charge in [0.25, 0.3) is 0 Å². The van der Waals surface area contributed by atoms with Gasteiger partial charge in [-0.05, 0) is 42.2 Å². The Kier molecular flexibility index (Phi) is 3.92. The van der Waals surface area contributed by atoms with Crippen LogP contribution in [-0.2, 0) is 7.05 Å². The molecule has 0 saturated carbocycles. The van der Waals surface area contributed by atoms with Gasteiger partial charge in [0, 0.05) is 13.6 Å². The summed E-state index contributed by atoms with van der Waals surface area (Å²) >= 11 is 1.67. The van der Waals surface area contributed by atoms with Crippen molar-refractivity contribution in [2.75, 3.05) is 6.54 Å². The third-order valence-electron chi connectivity index (χ3n) is 3.92. The van der Waals surface area contributed by atoms with Crippen molar-refractivity contribution in [1.29, 1.82) is 0 Å². The highest BCUT2D eigenvalue weighted by Gasteiger charge is 2.31. The Balaban J connectivity index is 1.69. The molecule has 2 aromatic rings. The molecule has 2 amide bonds. The predicted octanol–water partition coefficient (Wildman–Crippen LogP) is 2.48. The van der Waals surface area contributed by atoms with Gasteiger partial charge in [0.2, 0.25) is 0 Å². The van der Waals surface area contributed by atoms with E-state index < -0.39 is 0 Å². The number of urea groups is 1. The number of carbonyl (C=O) groups is 1. The molecule has 0 radical (unpaired) electrons. The molecule has 0 aromatic carbocycles. The standard InChI is InChI=1S/C14H19N5OS/c1-10(13-17-15-9-18(13)2)16-14(20)19-6-3-4-12(19)11-5-7-21-8-11/h5,7-10,12H,3-4,6H2,1-2H3,(H,16,20)/t10-,12-/m1/s1. The summed E-state index contributed by atoms with van der Waals surface area (Å²) < 4.78 is 1.82. The number of carbonyl (C=O) groups excluding carboxylic acids is 1. The fourth-order valence-electron chi connectivity index (χ4n) is 2.84. The van der Waals surface area contributed by atoms with Crippen LogP contribution in [-0.4, -0.2) is 32.2 Å². The molecule has 1 aliphatic rings. The highest BCUT2D eigenvalue weighted by atomic mass is 32.1. The minimum Gasteiger partial charge on any atom is -0.328 e. The van der Waals surface area contributed by atoms with E-state index in [4.69, 9.17) is 0 Å². The second kappa shape index (κ2) is 5.85. The third kappa shape index (κ3) is 2.78. The Hall–Kier alpha value is -1.89. The SMILES string of the molecule is C[C@@H](NC(=O)N1CCC[C@@H]1c1ccsc1)c1nncn1C. The van der Waals surface area contributed by atoms with Gasteiger partial charge in [0.15, 0.2) is 5.82 Å². The number of aromatic nitrogens is 3. The molecule has 0 bridgehead atoms. The summed E-state index contributed by atoms with van der Waals surface area (Å²) in [6.07, 6.45) is 3.72. The fourth-order valence-corrected chi connectivity index (χ4v) is 3.54. The number of aryl methyl sites for hydroxylation is 1. The number of likely N-dealkylation sites (tertiary alicyclic amines) is 1. The van der Waals surface area contributed by atoms with Crippen molar-refractivity contribution in [3.8, 4) is 0 Å². The van der Waals surface area contributed by atoms with E-state index in [0.29, 0.717) is 0 Å². The second-order valence-corrected chi connectivity index (χ2v) is 6.16.